The minimum atomic E-state index is 0. The lowest BCUT2D eigenvalue weighted by Crippen LogP contribution is -2.54. The summed E-state index contributed by atoms with van der Waals surface area (Å²) < 4.78 is 0. The molecule has 1 amide bonds. The number of nitrogens with one attached hydrogen (secondary N) is 1. The van der Waals surface area contributed by atoms with Crippen LogP contribution >= 0.6 is 24.8 Å². The molecule has 0 aromatic rings. The van der Waals surface area contributed by atoms with E-state index in [1.54, 1.807) is 4.90 Å². The number of carbonyl (C=O) groups excluding carboxylic acids is 1. The van der Waals surface area contributed by atoms with Gasteiger partial charge in [-0.2, -0.15) is 0 Å². The highest BCUT2D eigenvalue weighted by Crippen LogP contribution is 2.06. The van der Waals surface area contributed by atoms with Gasteiger partial charge in [-0.3, -0.25) is 4.79 Å². The molecular formula is C8H18Cl2N2O. The summed E-state index contributed by atoms with van der Waals surface area (Å²) in [7, 11) is 1.86. The topological polar surface area (TPSA) is 32.3 Å². The van der Waals surface area contributed by atoms with E-state index in [4.69, 9.17) is 0 Å². The smallest absolute Gasteiger partial charge is 0.236 e. The molecule has 1 aliphatic rings. The molecule has 1 saturated heterocycles. The highest BCUT2D eigenvalue weighted by atomic mass is 35.5. The maximum atomic E-state index is 11.0. The van der Waals surface area contributed by atoms with Gasteiger partial charge in [-0.1, -0.05) is 13.8 Å². The van der Waals surface area contributed by atoms with Crippen LogP contribution in [0.3, 0.4) is 0 Å². The maximum Gasteiger partial charge on any atom is 0.236 e. The maximum absolute atomic E-state index is 11.0. The van der Waals surface area contributed by atoms with Crippen molar-refractivity contribution in [3.05, 3.63) is 0 Å². The van der Waals surface area contributed by atoms with Crippen LogP contribution in [-0.4, -0.2) is 37.0 Å². The Morgan fingerprint density at radius 1 is 1.46 bits per heavy atom. The molecule has 5 heteroatoms. The van der Waals surface area contributed by atoms with E-state index in [0.29, 0.717) is 18.5 Å². The third-order valence-corrected chi connectivity index (χ3v) is 2.22. The number of carbonyl (C=O) groups is 1. The lowest BCUT2D eigenvalue weighted by molar-refractivity contribution is -0.131. The van der Waals surface area contributed by atoms with Crippen molar-refractivity contribution in [1.82, 2.24) is 10.2 Å². The lowest BCUT2D eigenvalue weighted by atomic mass is 10.0. The van der Waals surface area contributed by atoms with Crippen LogP contribution < -0.4 is 5.32 Å². The number of likely N-dealkylation sites (N-methyl/N-ethyl adjacent to an activating group) is 1. The molecule has 3 nitrogen and oxygen atoms in total. The van der Waals surface area contributed by atoms with Gasteiger partial charge in [0.25, 0.3) is 0 Å². The fraction of sp³-hybridized carbons (Fsp3) is 0.875. The number of halogens is 2. The largest absolute Gasteiger partial charge is 0.343 e. The molecule has 1 atom stereocenters. The monoisotopic (exact) mass is 228 g/mol. The van der Waals surface area contributed by atoms with Gasteiger partial charge in [0, 0.05) is 19.6 Å². The number of piperazine rings is 1. The van der Waals surface area contributed by atoms with Gasteiger partial charge in [-0.25, -0.2) is 0 Å². The Morgan fingerprint density at radius 2 is 2.00 bits per heavy atom. The number of hydrogen-bond acceptors (Lipinski definition) is 2. The molecule has 1 aliphatic heterocycles. The van der Waals surface area contributed by atoms with E-state index in [1.165, 1.54) is 0 Å². The fourth-order valence-corrected chi connectivity index (χ4v) is 1.26. The number of amides is 1. The van der Waals surface area contributed by atoms with E-state index < -0.39 is 0 Å². The first-order chi connectivity index (χ1) is 5.11. The molecule has 0 saturated carbocycles. The van der Waals surface area contributed by atoms with Crippen molar-refractivity contribution < 1.29 is 4.79 Å². The normalized spacial score (nSPS) is 22.3. The Labute approximate surface area is 92.1 Å². The molecule has 0 aromatic heterocycles. The minimum absolute atomic E-state index is 0. The van der Waals surface area contributed by atoms with Crippen LogP contribution in [-0.2, 0) is 4.79 Å². The summed E-state index contributed by atoms with van der Waals surface area (Å²) in [5.41, 5.74) is 0. The third kappa shape index (κ3) is 4.16. The first-order valence-electron chi connectivity index (χ1n) is 4.08. The van der Waals surface area contributed by atoms with Crippen molar-refractivity contribution in [3.63, 3.8) is 0 Å². The SMILES string of the molecule is CC(C)[C@@H]1CN(C)C(=O)CN1.Cl.Cl. The molecule has 0 unspecified atom stereocenters. The van der Waals surface area contributed by atoms with E-state index in [-0.39, 0.29) is 30.7 Å². The van der Waals surface area contributed by atoms with Gasteiger partial charge < -0.3 is 10.2 Å². The zero-order chi connectivity index (χ0) is 8.43. The number of rotatable bonds is 1. The van der Waals surface area contributed by atoms with Crippen LogP contribution in [0.2, 0.25) is 0 Å². The summed E-state index contributed by atoms with van der Waals surface area (Å²) in [4.78, 5) is 12.8. The van der Waals surface area contributed by atoms with Gasteiger partial charge in [-0.05, 0) is 5.92 Å². The molecule has 80 valence electrons. The average Bonchev–Trinajstić information content (AvgIpc) is 1.94. The molecule has 1 heterocycles. The van der Waals surface area contributed by atoms with Crippen LogP contribution in [0.5, 0.6) is 0 Å². The van der Waals surface area contributed by atoms with Gasteiger partial charge in [0.2, 0.25) is 5.91 Å². The predicted molar refractivity (Wildman–Crippen MR) is 58.8 cm³/mol. The van der Waals surface area contributed by atoms with Gasteiger partial charge in [0.05, 0.1) is 6.54 Å². The molecule has 1 rings (SSSR count). The zero-order valence-electron chi connectivity index (χ0n) is 8.24. The van der Waals surface area contributed by atoms with Gasteiger partial charge in [0.15, 0.2) is 0 Å². The molecule has 0 bridgehead atoms. The molecule has 1 N–H and O–H groups in total. The molecular weight excluding hydrogens is 211 g/mol. The van der Waals surface area contributed by atoms with Crippen LogP contribution in [0.1, 0.15) is 13.8 Å². The second-order valence-corrected chi connectivity index (χ2v) is 3.51. The Morgan fingerprint density at radius 3 is 2.38 bits per heavy atom. The van der Waals surface area contributed by atoms with E-state index in [9.17, 15) is 4.79 Å². The summed E-state index contributed by atoms with van der Waals surface area (Å²) in [6.07, 6.45) is 0. The predicted octanol–water partition coefficient (Wildman–Crippen LogP) is 0.916. The average molecular weight is 229 g/mol. The van der Waals surface area contributed by atoms with Crippen LogP contribution in [0.15, 0.2) is 0 Å². The standard InChI is InChI=1S/C8H16N2O.2ClH/c1-6(2)7-5-10(3)8(11)4-9-7;;/h6-7,9H,4-5H2,1-3H3;2*1H/t7-;;/m0../s1. The summed E-state index contributed by atoms with van der Waals surface area (Å²) >= 11 is 0. The van der Waals surface area contributed by atoms with E-state index in [1.807, 2.05) is 7.05 Å². The molecule has 0 aliphatic carbocycles. The Balaban J connectivity index is 0. The van der Waals surface area contributed by atoms with Gasteiger partial charge in [-0.15, -0.1) is 24.8 Å². The lowest BCUT2D eigenvalue weighted by Gasteiger charge is -2.32. The van der Waals surface area contributed by atoms with Crippen molar-refractivity contribution in [3.8, 4) is 0 Å². The third-order valence-electron chi connectivity index (χ3n) is 2.22. The second-order valence-electron chi connectivity index (χ2n) is 3.51. The van der Waals surface area contributed by atoms with E-state index >= 15 is 0 Å². The molecule has 13 heavy (non-hydrogen) atoms. The first-order valence-corrected chi connectivity index (χ1v) is 4.08. The molecule has 0 aromatic carbocycles. The molecule has 0 spiro atoms. The van der Waals surface area contributed by atoms with Crippen molar-refractivity contribution in [2.75, 3.05) is 20.1 Å². The van der Waals surface area contributed by atoms with E-state index in [2.05, 4.69) is 19.2 Å². The summed E-state index contributed by atoms with van der Waals surface area (Å²) in [5.74, 6) is 0.799. The summed E-state index contributed by atoms with van der Waals surface area (Å²) in [5, 5.41) is 3.21. The van der Waals surface area contributed by atoms with Crippen molar-refractivity contribution in [2.45, 2.75) is 19.9 Å². The van der Waals surface area contributed by atoms with Crippen molar-refractivity contribution >= 4 is 30.7 Å². The van der Waals surface area contributed by atoms with Gasteiger partial charge in [0.1, 0.15) is 0 Å². The summed E-state index contributed by atoms with van der Waals surface area (Å²) in [6, 6.07) is 0.470. The van der Waals surface area contributed by atoms with Crippen LogP contribution in [0.4, 0.5) is 0 Å². The molecule has 1 fully saturated rings. The highest BCUT2D eigenvalue weighted by Gasteiger charge is 2.23. The van der Waals surface area contributed by atoms with Crippen molar-refractivity contribution in [1.29, 1.82) is 0 Å². The minimum Gasteiger partial charge on any atom is -0.343 e. The quantitative estimate of drug-likeness (QED) is 0.725. The van der Waals surface area contributed by atoms with Crippen LogP contribution in [0, 0.1) is 5.92 Å². The Kier molecular flexibility index (Phi) is 7.69. The first kappa shape index (κ1) is 15.5. The fourth-order valence-electron chi connectivity index (χ4n) is 1.26. The number of hydrogen-bond donors (Lipinski definition) is 1. The van der Waals surface area contributed by atoms with E-state index in [0.717, 1.165) is 6.54 Å². The number of nitrogens with zero attached hydrogens (tertiary/aromatic N) is 1. The van der Waals surface area contributed by atoms with Gasteiger partial charge >= 0.3 is 0 Å². The Bertz CT molecular complexity index is 164. The highest BCUT2D eigenvalue weighted by molar-refractivity contribution is 5.85. The Hall–Kier alpha value is 0.01000. The molecule has 0 radical (unpaired) electrons. The van der Waals surface area contributed by atoms with Crippen LogP contribution in [0.25, 0.3) is 0 Å². The van der Waals surface area contributed by atoms with Crippen molar-refractivity contribution in [2.24, 2.45) is 5.92 Å². The summed E-state index contributed by atoms with van der Waals surface area (Å²) in [6.45, 7) is 5.68. The zero-order valence-corrected chi connectivity index (χ0v) is 9.87. The second kappa shape index (κ2) is 6.46.